The molecule has 0 radical (unpaired) electrons. The van der Waals surface area contributed by atoms with Gasteiger partial charge in [0.2, 0.25) is 0 Å². The van der Waals surface area contributed by atoms with Gasteiger partial charge in [-0.3, -0.25) is 0 Å². The van der Waals surface area contributed by atoms with Crippen LogP contribution in [-0.2, 0) is 6.61 Å². The smallest absolute Gasteiger partial charge is 0.337 e. The topological polar surface area (TPSA) is 74.8 Å². The fourth-order valence-electron chi connectivity index (χ4n) is 1.34. The number of imidazole rings is 1. The van der Waals surface area contributed by atoms with Gasteiger partial charge in [-0.25, -0.2) is 9.78 Å². The molecule has 2 N–H and O–H groups in total. The largest absolute Gasteiger partial charge is 0.478 e. The molecule has 0 amide bonds. The number of pyridine rings is 1. The molecule has 5 heteroatoms. The van der Waals surface area contributed by atoms with Crippen LogP contribution in [-0.4, -0.2) is 25.6 Å². The lowest BCUT2D eigenvalue weighted by Crippen LogP contribution is -2.02. The van der Waals surface area contributed by atoms with Crippen LogP contribution in [0.25, 0.3) is 5.65 Å². The van der Waals surface area contributed by atoms with Gasteiger partial charge >= 0.3 is 5.97 Å². The van der Waals surface area contributed by atoms with Crippen LogP contribution in [0.2, 0.25) is 0 Å². The van der Waals surface area contributed by atoms with Gasteiger partial charge in [-0.05, 0) is 6.07 Å². The summed E-state index contributed by atoms with van der Waals surface area (Å²) in [4.78, 5) is 14.7. The van der Waals surface area contributed by atoms with E-state index in [1.54, 1.807) is 16.8 Å². The molecular formula is C9H8N2O3. The number of nitrogens with zero attached hydrogens (tertiary/aromatic N) is 2. The minimum absolute atomic E-state index is 0.138. The van der Waals surface area contributed by atoms with E-state index in [-0.39, 0.29) is 12.2 Å². The molecule has 0 bridgehead atoms. The number of hydrogen-bond donors (Lipinski definition) is 2. The molecule has 0 saturated heterocycles. The van der Waals surface area contributed by atoms with E-state index < -0.39 is 5.97 Å². The van der Waals surface area contributed by atoms with Gasteiger partial charge in [-0.2, -0.15) is 0 Å². The Balaban J connectivity index is 2.73. The second-order valence-electron chi connectivity index (χ2n) is 2.88. The van der Waals surface area contributed by atoms with Gasteiger partial charge in [0.25, 0.3) is 0 Å². The van der Waals surface area contributed by atoms with Crippen LogP contribution in [0.5, 0.6) is 0 Å². The summed E-state index contributed by atoms with van der Waals surface area (Å²) in [6, 6.07) is 1.42. The number of carboxylic acids is 1. The van der Waals surface area contributed by atoms with E-state index in [9.17, 15) is 4.79 Å². The number of fused-ring (bicyclic) bond motifs is 1. The molecule has 2 heterocycles. The molecule has 0 saturated carbocycles. The zero-order valence-electron chi connectivity index (χ0n) is 7.21. The first-order valence-electron chi connectivity index (χ1n) is 4.02. The van der Waals surface area contributed by atoms with E-state index >= 15 is 0 Å². The molecule has 0 aliphatic rings. The summed E-state index contributed by atoms with van der Waals surface area (Å²) in [5, 5.41) is 17.8. The Morgan fingerprint density at radius 1 is 1.57 bits per heavy atom. The van der Waals surface area contributed by atoms with Crippen molar-refractivity contribution in [2.45, 2.75) is 6.61 Å². The molecule has 0 fully saturated rings. The van der Waals surface area contributed by atoms with Gasteiger partial charge in [-0.15, -0.1) is 0 Å². The summed E-state index contributed by atoms with van der Waals surface area (Å²) in [6.45, 7) is -0.221. The second kappa shape index (κ2) is 3.12. The highest BCUT2D eigenvalue weighted by molar-refractivity contribution is 5.88. The van der Waals surface area contributed by atoms with Crippen molar-refractivity contribution in [1.29, 1.82) is 0 Å². The van der Waals surface area contributed by atoms with E-state index in [4.69, 9.17) is 10.2 Å². The fourth-order valence-corrected chi connectivity index (χ4v) is 1.34. The average Bonchev–Trinajstić information content (AvgIpc) is 2.63. The van der Waals surface area contributed by atoms with Gasteiger partial charge in [0.05, 0.1) is 12.2 Å². The number of aliphatic hydroxyl groups excluding tert-OH is 1. The van der Waals surface area contributed by atoms with Crippen LogP contribution < -0.4 is 0 Å². The summed E-state index contributed by atoms with van der Waals surface area (Å²) in [5.74, 6) is -1.02. The van der Waals surface area contributed by atoms with Crippen molar-refractivity contribution < 1.29 is 15.0 Å². The first kappa shape index (κ1) is 8.71. The highest BCUT2D eigenvalue weighted by Gasteiger charge is 2.08. The molecule has 0 aliphatic carbocycles. The van der Waals surface area contributed by atoms with Gasteiger partial charge in [0, 0.05) is 24.2 Å². The monoisotopic (exact) mass is 192 g/mol. The average molecular weight is 192 g/mol. The van der Waals surface area contributed by atoms with Crippen LogP contribution >= 0.6 is 0 Å². The van der Waals surface area contributed by atoms with Crippen LogP contribution in [0.1, 0.15) is 15.9 Å². The molecule has 72 valence electrons. The number of carbonyl (C=O) groups is 1. The molecule has 2 aromatic rings. The van der Waals surface area contributed by atoms with Crippen molar-refractivity contribution in [2.75, 3.05) is 0 Å². The number of rotatable bonds is 2. The van der Waals surface area contributed by atoms with Gasteiger partial charge in [0.15, 0.2) is 0 Å². The minimum Gasteiger partial charge on any atom is -0.478 e. The number of aromatic nitrogens is 2. The number of aromatic carboxylic acids is 1. The molecular weight excluding hydrogens is 184 g/mol. The van der Waals surface area contributed by atoms with E-state index in [2.05, 4.69) is 4.98 Å². The molecule has 0 aliphatic heterocycles. The quantitative estimate of drug-likeness (QED) is 0.727. The van der Waals surface area contributed by atoms with Crippen LogP contribution in [0.15, 0.2) is 24.7 Å². The lowest BCUT2D eigenvalue weighted by atomic mass is 10.2. The molecule has 0 atom stereocenters. The fraction of sp³-hybridized carbons (Fsp3) is 0.111. The van der Waals surface area contributed by atoms with Crippen LogP contribution in [0.3, 0.4) is 0 Å². The van der Waals surface area contributed by atoms with Gasteiger partial charge in [-0.1, -0.05) is 0 Å². The molecule has 2 rings (SSSR count). The van der Waals surface area contributed by atoms with Crippen molar-refractivity contribution in [3.8, 4) is 0 Å². The normalized spacial score (nSPS) is 10.6. The Hall–Kier alpha value is -1.88. The summed E-state index contributed by atoms with van der Waals surface area (Å²) >= 11 is 0. The third-order valence-corrected chi connectivity index (χ3v) is 1.98. The Morgan fingerprint density at radius 2 is 2.36 bits per heavy atom. The summed E-state index contributed by atoms with van der Waals surface area (Å²) in [5.41, 5.74) is 1.23. The zero-order chi connectivity index (χ0) is 10.1. The van der Waals surface area contributed by atoms with E-state index in [0.29, 0.717) is 11.2 Å². The first-order valence-corrected chi connectivity index (χ1v) is 4.02. The van der Waals surface area contributed by atoms with Gasteiger partial charge < -0.3 is 14.6 Å². The van der Waals surface area contributed by atoms with Crippen LogP contribution in [0, 0.1) is 0 Å². The molecule has 2 aromatic heterocycles. The van der Waals surface area contributed by atoms with E-state index in [1.165, 1.54) is 12.3 Å². The van der Waals surface area contributed by atoms with Crippen molar-refractivity contribution in [3.05, 3.63) is 35.8 Å². The number of carboxylic acid groups (broad SMARTS) is 1. The molecule has 5 nitrogen and oxygen atoms in total. The maximum Gasteiger partial charge on any atom is 0.337 e. The van der Waals surface area contributed by atoms with Crippen molar-refractivity contribution in [3.63, 3.8) is 0 Å². The predicted octanol–water partition coefficient (Wildman–Crippen LogP) is 0.525. The summed E-state index contributed by atoms with van der Waals surface area (Å²) in [6.07, 6.45) is 4.66. The zero-order valence-corrected chi connectivity index (χ0v) is 7.21. The second-order valence-corrected chi connectivity index (χ2v) is 2.88. The molecule has 0 unspecified atom stereocenters. The molecule has 14 heavy (non-hydrogen) atoms. The highest BCUT2D eigenvalue weighted by Crippen LogP contribution is 2.12. The van der Waals surface area contributed by atoms with E-state index in [0.717, 1.165) is 0 Å². The van der Waals surface area contributed by atoms with Crippen LogP contribution in [0.4, 0.5) is 0 Å². The lowest BCUT2D eigenvalue weighted by Gasteiger charge is -2.02. The number of hydrogen-bond acceptors (Lipinski definition) is 3. The standard InChI is InChI=1S/C9H8N2O3/c12-5-7-3-6(9(13)14)4-11-2-1-10-8(7)11/h1-4,12H,5H2,(H,13,14). The Kier molecular flexibility index (Phi) is 1.94. The Labute approximate surface area is 79.2 Å². The SMILES string of the molecule is O=C(O)c1cc(CO)c2nccn2c1. The predicted molar refractivity (Wildman–Crippen MR) is 48.1 cm³/mol. The van der Waals surface area contributed by atoms with Crippen molar-refractivity contribution in [2.24, 2.45) is 0 Å². The van der Waals surface area contributed by atoms with Crippen molar-refractivity contribution in [1.82, 2.24) is 9.38 Å². The molecule has 0 spiro atoms. The third-order valence-electron chi connectivity index (χ3n) is 1.98. The Morgan fingerprint density at radius 3 is 3.00 bits per heavy atom. The van der Waals surface area contributed by atoms with E-state index in [1.807, 2.05) is 0 Å². The maximum absolute atomic E-state index is 10.7. The molecule has 0 aromatic carbocycles. The highest BCUT2D eigenvalue weighted by atomic mass is 16.4. The first-order chi connectivity index (χ1) is 6.72. The lowest BCUT2D eigenvalue weighted by molar-refractivity contribution is 0.0696. The number of aliphatic hydroxyl groups is 1. The van der Waals surface area contributed by atoms with Crippen molar-refractivity contribution >= 4 is 11.6 Å². The Bertz CT molecular complexity index is 490. The minimum atomic E-state index is -1.02. The third kappa shape index (κ3) is 1.23. The maximum atomic E-state index is 10.7. The van der Waals surface area contributed by atoms with Gasteiger partial charge in [0.1, 0.15) is 5.65 Å². The summed E-state index contributed by atoms with van der Waals surface area (Å²) < 4.78 is 1.58. The summed E-state index contributed by atoms with van der Waals surface area (Å²) in [7, 11) is 0.